The lowest BCUT2D eigenvalue weighted by Crippen LogP contribution is -2.23. The van der Waals surface area contributed by atoms with Gasteiger partial charge in [0.05, 0.1) is 13.3 Å². The van der Waals surface area contributed by atoms with Crippen molar-refractivity contribution in [3.05, 3.63) is 54.1 Å². The number of nitrogens with zero attached hydrogens (tertiary/aromatic N) is 1. The molecule has 0 atom stereocenters. The van der Waals surface area contributed by atoms with Crippen molar-refractivity contribution in [3.8, 4) is 11.5 Å². The third-order valence-electron chi connectivity index (χ3n) is 2.62. The summed E-state index contributed by atoms with van der Waals surface area (Å²) in [5, 5.41) is 16.6. The Balaban J connectivity index is 1.85. The van der Waals surface area contributed by atoms with Crippen LogP contribution in [0, 0.1) is 0 Å². The third kappa shape index (κ3) is 4.77. The monoisotopic (exact) mass is 301 g/mol. The van der Waals surface area contributed by atoms with Crippen LogP contribution in [0.15, 0.2) is 53.6 Å². The van der Waals surface area contributed by atoms with Crippen molar-refractivity contribution in [2.45, 2.75) is 0 Å². The van der Waals surface area contributed by atoms with Crippen LogP contribution in [-0.4, -0.2) is 23.5 Å². The fourth-order valence-electron chi connectivity index (χ4n) is 1.56. The molecular formula is C15H15N3O2S. The van der Waals surface area contributed by atoms with Gasteiger partial charge < -0.3 is 15.2 Å². The number of hydrogen-bond acceptors (Lipinski definition) is 4. The highest BCUT2D eigenvalue weighted by Crippen LogP contribution is 2.14. The Morgan fingerprint density at radius 2 is 1.81 bits per heavy atom. The molecule has 0 aliphatic heterocycles. The molecule has 3 N–H and O–H groups in total. The minimum atomic E-state index is 0.219. The molecule has 5 nitrogen and oxygen atoms in total. The summed E-state index contributed by atoms with van der Waals surface area (Å²) in [6.07, 6.45) is 1.61. The van der Waals surface area contributed by atoms with Crippen molar-refractivity contribution in [1.29, 1.82) is 0 Å². The second-order valence-electron chi connectivity index (χ2n) is 4.14. The predicted molar refractivity (Wildman–Crippen MR) is 88.1 cm³/mol. The number of aromatic hydroxyl groups is 1. The van der Waals surface area contributed by atoms with Gasteiger partial charge in [-0.3, -0.25) is 5.43 Å². The second kappa shape index (κ2) is 7.25. The number of anilines is 1. The Morgan fingerprint density at radius 3 is 2.43 bits per heavy atom. The number of phenolic OH excluding ortho intramolecular Hbond substituents is 1. The predicted octanol–water partition coefficient (Wildman–Crippen LogP) is 2.72. The Bertz CT molecular complexity index is 624. The van der Waals surface area contributed by atoms with Gasteiger partial charge in [-0.05, 0) is 66.3 Å². The van der Waals surface area contributed by atoms with E-state index in [4.69, 9.17) is 17.0 Å². The van der Waals surface area contributed by atoms with E-state index in [-0.39, 0.29) is 5.75 Å². The van der Waals surface area contributed by atoms with Crippen molar-refractivity contribution in [2.75, 3.05) is 12.4 Å². The Hall–Kier alpha value is -2.60. The normalized spacial score (nSPS) is 10.3. The van der Waals surface area contributed by atoms with Crippen LogP contribution in [0.3, 0.4) is 0 Å². The Morgan fingerprint density at radius 1 is 1.14 bits per heavy atom. The van der Waals surface area contributed by atoms with E-state index in [1.165, 1.54) is 0 Å². The number of methoxy groups -OCH3 is 1. The van der Waals surface area contributed by atoms with Crippen molar-refractivity contribution in [3.63, 3.8) is 0 Å². The molecule has 2 aromatic rings. The zero-order valence-electron chi connectivity index (χ0n) is 11.4. The molecule has 0 aliphatic carbocycles. The van der Waals surface area contributed by atoms with Gasteiger partial charge in [-0.2, -0.15) is 5.10 Å². The van der Waals surface area contributed by atoms with Crippen LogP contribution in [0.4, 0.5) is 5.69 Å². The highest BCUT2D eigenvalue weighted by molar-refractivity contribution is 7.80. The van der Waals surface area contributed by atoms with Crippen LogP contribution in [-0.2, 0) is 0 Å². The number of rotatable bonds is 4. The van der Waals surface area contributed by atoms with E-state index in [1.54, 1.807) is 37.6 Å². The first-order valence-electron chi connectivity index (χ1n) is 6.20. The summed E-state index contributed by atoms with van der Waals surface area (Å²) in [6.45, 7) is 0. The van der Waals surface area contributed by atoms with Gasteiger partial charge in [0.1, 0.15) is 11.5 Å². The molecule has 0 saturated carbocycles. The van der Waals surface area contributed by atoms with Crippen LogP contribution in [0.2, 0.25) is 0 Å². The maximum absolute atomic E-state index is 9.17. The van der Waals surface area contributed by atoms with Gasteiger partial charge in [0.15, 0.2) is 5.11 Å². The van der Waals surface area contributed by atoms with Crippen LogP contribution in [0.5, 0.6) is 11.5 Å². The van der Waals surface area contributed by atoms with Crippen LogP contribution >= 0.6 is 12.2 Å². The fraction of sp³-hybridized carbons (Fsp3) is 0.0667. The first-order chi connectivity index (χ1) is 10.2. The highest BCUT2D eigenvalue weighted by atomic mass is 32.1. The summed E-state index contributed by atoms with van der Waals surface area (Å²) in [7, 11) is 1.62. The quantitative estimate of drug-likeness (QED) is 0.460. The molecule has 0 saturated heterocycles. The maximum Gasteiger partial charge on any atom is 0.191 e. The summed E-state index contributed by atoms with van der Waals surface area (Å²) >= 11 is 5.13. The largest absolute Gasteiger partial charge is 0.508 e. The van der Waals surface area contributed by atoms with E-state index in [1.807, 2.05) is 24.3 Å². The number of ether oxygens (including phenoxy) is 1. The topological polar surface area (TPSA) is 65.9 Å². The zero-order valence-corrected chi connectivity index (χ0v) is 12.2. The molecule has 0 unspecified atom stereocenters. The maximum atomic E-state index is 9.17. The SMILES string of the molecule is COc1ccc(NC(=S)NN=Cc2ccc(O)cc2)cc1. The van der Waals surface area contributed by atoms with E-state index in [2.05, 4.69) is 15.8 Å². The van der Waals surface area contributed by atoms with Crippen molar-refractivity contribution < 1.29 is 9.84 Å². The molecule has 6 heteroatoms. The van der Waals surface area contributed by atoms with Gasteiger partial charge >= 0.3 is 0 Å². The molecule has 0 aromatic heterocycles. The van der Waals surface area contributed by atoms with Gasteiger partial charge in [0.25, 0.3) is 0 Å². The average molecular weight is 301 g/mol. The smallest absolute Gasteiger partial charge is 0.191 e. The van der Waals surface area contributed by atoms with Gasteiger partial charge in [-0.25, -0.2) is 0 Å². The molecule has 2 rings (SSSR count). The molecule has 0 heterocycles. The lowest BCUT2D eigenvalue weighted by Gasteiger charge is -2.07. The van der Waals surface area contributed by atoms with E-state index in [0.717, 1.165) is 17.0 Å². The minimum absolute atomic E-state index is 0.219. The standard InChI is InChI=1S/C15H15N3O2S/c1-20-14-8-4-12(5-9-14)17-15(21)18-16-10-11-2-6-13(19)7-3-11/h2-10,19H,1H3,(H2,17,18,21). The number of hydrazone groups is 1. The first kappa shape index (κ1) is 14.8. The average Bonchev–Trinajstić information content (AvgIpc) is 2.50. The third-order valence-corrected chi connectivity index (χ3v) is 2.81. The first-order valence-corrected chi connectivity index (χ1v) is 6.61. The number of phenols is 1. The molecule has 0 spiro atoms. The molecule has 2 aromatic carbocycles. The molecule has 0 radical (unpaired) electrons. The lowest BCUT2D eigenvalue weighted by molar-refractivity contribution is 0.415. The van der Waals surface area contributed by atoms with Gasteiger partial charge in [0, 0.05) is 5.69 Å². The van der Waals surface area contributed by atoms with Crippen molar-refractivity contribution in [2.24, 2.45) is 5.10 Å². The Kier molecular flexibility index (Phi) is 5.11. The zero-order chi connectivity index (χ0) is 15.1. The minimum Gasteiger partial charge on any atom is -0.508 e. The number of nitrogens with one attached hydrogen (secondary N) is 2. The van der Waals surface area contributed by atoms with Gasteiger partial charge in [-0.1, -0.05) is 0 Å². The van der Waals surface area contributed by atoms with E-state index in [9.17, 15) is 5.11 Å². The van der Waals surface area contributed by atoms with Gasteiger partial charge in [0.2, 0.25) is 0 Å². The van der Waals surface area contributed by atoms with E-state index >= 15 is 0 Å². The van der Waals surface area contributed by atoms with Crippen molar-refractivity contribution >= 4 is 29.2 Å². The van der Waals surface area contributed by atoms with E-state index < -0.39 is 0 Å². The van der Waals surface area contributed by atoms with E-state index in [0.29, 0.717) is 5.11 Å². The Labute approximate surface area is 128 Å². The number of thiocarbonyl (C=S) groups is 1. The number of benzene rings is 2. The summed E-state index contributed by atoms with van der Waals surface area (Å²) in [4.78, 5) is 0. The van der Waals surface area contributed by atoms with Crippen molar-refractivity contribution in [1.82, 2.24) is 5.43 Å². The lowest BCUT2D eigenvalue weighted by atomic mass is 10.2. The van der Waals surface area contributed by atoms with Gasteiger partial charge in [-0.15, -0.1) is 0 Å². The molecule has 108 valence electrons. The van der Waals surface area contributed by atoms with Crippen LogP contribution in [0.25, 0.3) is 0 Å². The second-order valence-corrected chi connectivity index (χ2v) is 4.55. The molecular weight excluding hydrogens is 286 g/mol. The summed E-state index contributed by atoms with van der Waals surface area (Å²) in [5.41, 5.74) is 4.41. The molecule has 0 bridgehead atoms. The highest BCUT2D eigenvalue weighted by Gasteiger charge is 1.97. The summed E-state index contributed by atoms with van der Waals surface area (Å²) in [5.74, 6) is 1.00. The summed E-state index contributed by atoms with van der Waals surface area (Å²) in [6, 6.07) is 14.1. The molecule has 0 amide bonds. The van der Waals surface area contributed by atoms with Crippen LogP contribution < -0.4 is 15.5 Å². The summed E-state index contributed by atoms with van der Waals surface area (Å²) < 4.78 is 5.08. The number of hydrogen-bond donors (Lipinski definition) is 3. The molecule has 0 fully saturated rings. The molecule has 21 heavy (non-hydrogen) atoms. The fourth-order valence-corrected chi connectivity index (χ4v) is 1.73. The van der Waals surface area contributed by atoms with Crippen LogP contribution in [0.1, 0.15) is 5.56 Å². The molecule has 0 aliphatic rings.